The number of anilines is 1. The Bertz CT molecular complexity index is 1140. The highest BCUT2D eigenvalue weighted by atomic mass is 19.4. The van der Waals surface area contributed by atoms with Crippen molar-refractivity contribution >= 4 is 11.8 Å². The second-order valence-corrected chi connectivity index (χ2v) is 8.27. The molecule has 1 aromatic carbocycles. The van der Waals surface area contributed by atoms with Gasteiger partial charge in [0.2, 0.25) is 0 Å². The molecule has 7 nitrogen and oxygen atoms in total. The SMILES string of the molecule is C=C(C)/N=c1/c(C(=O)OC)cc(N2CCOC(C)C2)nn1CCc1cccc(C(F)(F)F)c1C. The Morgan fingerprint density at radius 2 is 2.12 bits per heavy atom. The monoisotopic (exact) mass is 478 g/mol. The van der Waals surface area contributed by atoms with E-state index in [0.717, 1.165) is 6.07 Å². The van der Waals surface area contributed by atoms with Crippen molar-refractivity contribution in [2.24, 2.45) is 4.99 Å². The van der Waals surface area contributed by atoms with Crippen molar-refractivity contribution in [3.05, 3.63) is 64.3 Å². The van der Waals surface area contributed by atoms with Gasteiger partial charge in [0.25, 0.3) is 0 Å². The lowest BCUT2D eigenvalue weighted by atomic mass is 10.00. The number of carbonyl (C=O) groups is 1. The highest BCUT2D eigenvalue weighted by Crippen LogP contribution is 2.33. The zero-order chi connectivity index (χ0) is 25.0. The van der Waals surface area contributed by atoms with Crippen LogP contribution in [0.1, 0.15) is 40.9 Å². The molecule has 1 aliphatic rings. The number of hydrogen-bond donors (Lipinski definition) is 0. The van der Waals surface area contributed by atoms with Gasteiger partial charge in [-0.25, -0.2) is 14.5 Å². The maximum atomic E-state index is 13.4. The fraction of sp³-hybridized carbons (Fsp3) is 0.458. The van der Waals surface area contributed by atoms with Crippen molar-refractivity contribution in [1.29, 1.82) is 0 Å². The highest BCUT2D eigenvalue weighted by molar-refractivity contribution is 5.89. The van der Waals surface area contributed by atoms with Crippen LogP contribution in [0.15, 0.2) is 41.5 Å². The summed E-state index contributed by atoms with van der Waals surface area (Å²) in [6.45, 7) is 10.8. The molecule has 1 fully saturated rings. The van der Waals surface area contributed by atoms with Gasteiger partial charge in [0, 0.05) is 31.4 Å². The summed E-state index contributed by atoms with van der Waals surface area (Å²) < 4.78 is 52.2. The summed E-state index contributed by atoms with van der Waals surface area (Å²) >= 11 is 0. The van der Waals surface area contributed by atoms with E-state index in [2.05, 4.69) is 11.6 Å². The van der Waals surface area contributed by atoms with Gasteiger partial charge < -0.3 is 14.4 Å². The van der Waals surface area contributed by atoms with Gasteiger partial charge in [-0.1, -0.05) is 18.7 Å². The molecule has 0 aliphatic carbocycles. The second-order valence-electron chi connectivity index (χ2n) is 8.27. The summed E-state index contributed by atoms with van der Waals surface area (Å²) in [7, 11) is 1.28. The van der Waals surface area contributed by atoms with Crippen molar-refractivity contribution in [2.75, 3.05) is 31.7 Å². The number of benzene rings is 1. The van der Waals surface area contributed by atoms with Gasteiger partial charge in [0.15, 0.2) is 5.49 Å². The second kappa shape index (κ2) is 10.4. The molecule has 2 aromatic rings. The molecule has 1 saturated heterocycles. The largest absolute Gasteiger partial charge is 0.465 e. The van der Waals surface area contributed by atoms with E-state index >= 15 is 0 Å². The van der Waals surface area contributed by atoms with E-state index in [1.165, 1.54) is 24.8 Å². The molecule has 1 atom stereocenters. The van der Waals surface area contributed by atoms with E-state index in [1.54, 1.807) is 19.1 Å². The summed E-state index contributed by atoms with van der Waals surface area (Å²) in [4.78, 5) is 19.0. The third-order valence-electron chi connectivity index (χ3n) is 5.59. The molecule has 34 heavy (non-hydrogen) atoms. The minimum atomic E-state index is -4.43. The minimum absolute atomic E-state index is 0.0156. The zero-order valence-corrected chi connectivity index (χ0v) is 19.8. The number of rotatable bonds is 6. The third kappa shape index (κ3) is 5.85. The molecule has 1 aliphatic heterocycles. The first-order chi connectivity index (χ1) is 16.0. The topological polar surface area (TPSA) is 68.9 Å². The Balaban J connectivity index is 2.08. The van der Waals surface area contributed by atoms with Gasteiger partial charge in [-0.2, -0.15) is 18.3 Å². The van der Waals surface area contributed by atoms with Crippen LogP contribution in [-0.2, 0) is 28.6 Å². The normalized spacial score (nSPS) is 17.1. The molecule has 1 unspecified atom stereocenters. The molecule has 0 amide bonds. The van der Waals surface area contributed by atoms with Crippen molar-refractivity contribution in [3.63, 3.8) is 0 Å². The van der Waals surface area contributed by atoms with Crippen LogP contribution in [-0.4, -0.2) is 48.7 Å². The van der Waals surface area contributed by atoms with E-state index in [4.69, 9.17) is 14.6 Å². The predicted molar refractivity (Wildman–Crippen MR) is 121 cm³/mol. The molecule has 2 heterocycles. The summed E-state index contributed by atoms with van der Waals surface area (Å²) in [5, 5.41) is 4.70. The summed E-state index contributed by atoms with van der Waals surface area (Å²) in [5.74, 6) is -0.0501. The first-order valence-corrected chi connectivity index (χ1v) is 10.9. The first kappa shape index (κ1) is 25.5. The number of alkyl halides is 3. The number of methoxy groups -OCH3 is 1. The smallest absolute Gasteiger partial charge is 0.416 e. The van der Waals surface area contributed by atoms with Crippen LogP contribution >= 0.6 is 0 Å². The maximum Gasteiger partial charge on any atom is 0.416 e. The number of halogens is 3. The van der Waals surface area contributed by atoms with Gasteiger partial charge in [0.05, 0.1) is 25.4 Å². The Kier molecular flexibility index (Phi) is 7.81. The number of morpholine rings is 1. The summed E-state index contributed by atoms with van der Waals surface area (Å²) in [6.07, 6.45) is -4.19. The van der Waals surface area contributed by atoms with E-state index in [1.807, 2.05) is 11.8 Å². The number of hydrogen-bond acceptors (Lipinski definition) is 6. The lowest BCUT2D eigenvalue weighted by molar-refractivity contribution is -0.138. The zero-order valence-electron chi connectivity index (χ0n) is 19.8. The highest BCUT2D eigenvalue weighted by Gasteiger charge is 2.32. The van der Waals surface area contributed by atoms with E-state index in [-0.39, 0.29) is 35.7 Å². The van der Waals surface area contributed by atoms with Gasteiger partial charge >= 0.3 is 12.1 Å². The molecule has 0 saturated carbocycles. The number of carbonyl (C=O) groups excluding carboxylic acids is 1. The van der Waals surface area contributed by atoms with Crippen LogP contribution < -0.4 is 10.4 Å². The van der Waals surface area contributed by atoms with Crippen LogP contribution in [0, 0.1) is 6.92 Å². The molecule has 1 aromatic heterocycles. The van der Waals surface area contributed by atoms with Crippen LogP contribution in [0.25, 0.3) is 0 Å². The quantitative estimate of drug-likeness (QED) is 0.589. The minimum Gasteiger partial charge on any atom is -0.465 e. The summed E-state index contributed by atoms with van der Waals surface area (Å²) in [6, 6.07) is 5.75. The molecule has 0 N–H and O–H groups in total. The average Bonchev–Trinajstić information content (AvgIpc) is 2.77. The van der Waals surface area contributed by atoms with Gasteiger partial charge in [-0.3, -0.25) is 0 Å². The average molecular weight is 479 g/mol. The van der Waals surface area contributed by atoms with Crippen LogP contribution in [0.3, 0.4) is 0 Å². The van der Waals surface area contributed by atoms with Crippen molar-refractivity contribution < 1.29 is 27.4 Å². The number of allylic oxidation sites excluding steroid dienone is 1. The Morgan fingerprint density at radius 1 is 1.38 bits per heavy atom. The van der Waals surface area contributed by atoms with Crippen molar-refractivity contribution in [3.8, 4) is 0 Å². The molecular weight excluding hydrogens is 449 g/mol. The molecular formula is C24H29F3N4O3. The number of ether oxygens (including phenoxy) is 2. The fourth-order valence-corrected chi connectivity index (χ4v) is 3.92. The molecule has 3 rings (SSSR count). The van der Waals surface area contributed by atoms with Gasteiger partial charge in [-0.05, 0) is 44.4 Å². The van der Waals surface area contributed by atoms with Gasteiger partial charge in [-0.15, -0.1) is 0 Å². The van der Waals surface area contributed by atoms with E-state index in [9.17, 15) is 18.0 Å². The number of aromatic nitrogens is 2. The number of esters is 1. The van der Waals surface area contributed by atoms with E-state index in [0.29, 0.717) is 36.8 Å². The molecule has 0 radical (unpaired) electrons. The molecule has 10 heteroatoms. The van der Waals surface area contributed by atoms with Gasteiger partial charge in [0.1, 0.15) is 11.4 Å². The Hall–Kier alpha value is -3.14. The fourth-order valence-electron chi connectivity index (χ4n) is 3.92. The standard InChI is InChI=1S/C24H29F3N4O3/c1-15(2)28-22-19(23(32)33-5)13-21(30-11-12-34-16(3)14-30)29-31(22)10-9-18-7-6-8-20(17(18)4)24(25,26)27/h6-8,13,16H,1,9-12,14H2,2-5H3/b28-22-. The maximum absolute atomic E-state index is 13.4. The van der Waals surface area contributed by atoms with Crippen LogP contribution in [0.2, 0.25) is 0 Å². The van der Waals surface area contributed by atoms with E-state index < -0.39 is 17.7 Å². The van der Waals surface area contributed by atoms with Crippen LogP contribution in [0.5, 0.6) is 0 Å². The summed E-state index contributed by atoms with van der Waals surface area (Å²) in [5.41, 5.74) is 0.935. The lowest BCUT2D eigenvalue weighted by Crippen LogP contribution is -2.43. The third-order valence-corrected chi connectivity index (χ3v) is 5.59. The lowest BCUT2D eigenvalue weighted by Gasteiger charge is -2.32. The molecule has 0 spiro atoms. The first-order valence-electron chi connectivity index (χ1n) is 10.9. The van der Waals surface area contributed by atoms with Crippen molar-refractivity contribution in [1.82, 2.24) is 9.78 Å². The van der Waals surface area contributed by atoms with Crippen LogP contribution in [0.4, 0.5) is 19.0 Å². The Labute approximate surface area is 196 Å². The van der Waals surface area contributed by atoms with Crippen molar-refractivity contribution in [2.45, 2.75) is 46.0 Å². The number of nitrogens with zero attached hydrogens (tertiary/aromatic N) is 4. The Morgan fingerprint density at radius 3 is 2.74 bits per heavy atom. The molecule has 184 valence electrons. The number of aryl methyl sites for hydroxylation is 2. The molecule has 0 bridgehead atoms. The predicted octanol–water partition coefficient (Wildman–Crippen LogP) is 3.90.